The van der Waals surface area contributed by atoms with Crippen LogP contribution in [0.5, 0.6) is 0 Å². The van der Waals surface area contributed by atoms with E-state index in [1.54, 1.807) is 13.8 Å². The highest BCUT2D eigenvalue weighted by molar-refractivity contribution is 5.82. The molecule has 1 rings (SSSR count). The molecule has 6 heteroatoms. The molecule has 0 aliphatic heterocycles. The standard InChI is InChI=1S/C14H26N2O4/c1-6-20-10-7-9(14(10,4)5)15-13(19)16-11(8(2)3)12(17)18/h8-11H,6-7H2,1-5H3,(H,17,18)(H2,15,16,19). The SMILES string of the molecule is CCOC1CC(NC(=O)NC(C(=O)O)C(C)C)C1(C)C. The van der Waals surface area contributed by atoms with Crippen molar-refractivity contribution in [2.45, 2.75) is 59.2 Å². The summed E-state index contributed by atoms with van der Waals surface area (Å²) in [5.41, 5.74) is -0.135. The molecular weight excluding hydrogens is 260 g/mol. The normalized spacial score (nSPS) is 25.7. The molecule has 1 fully saturated rings. The summed E-state index contributed by atoms with van der Waals surface area (Å²) >= 11 is 0. The number of urea groups is 1. The molecular formula is C14H26N2O4. The molecule has 3 unspecified atom stereocenters. The molecule has 116 valence electrons. The Labute approximate surface area is 120 Å². The molecule has 0 heterocycles. The second-order valence-corrected chi connectivity index (χ2v) is 6.23. The molecule has 6 nitrogen and oxygen atoms in total. The van der Waals surface area contributed by atoms with Gasteiger partial charge in [0.2, 0.25) is 0 Å². The van der Waals surface area contributed by atoms with Crippen molar-refractivity contribution in [2.24, 2.45) is 11.3 Å². The summed E-state index contributed by atoms with van der Waals surface area (Å²) in [6.45, 7) is 10.2. The van der Waals surface area contributed by atoms with Crippen LogP contribution in [0, 0.1) is 11.3 Å². The fourth-order valence-electron chi connectivity index (χ4n) is 2.47. The molecule has 1 aliphatic rings. The molecule has 0 bridgehead atoms. The average Bonchev–Trinajstić information content (AvgIpc) is 2.34. The largest absolute Gasteiger partial charge is 0.480 e. The lowest BCUT2D eigenvalue weighted by Crippen LogP contribution is -2.64. The van der Waals surface area contributed by atoms with Crippen LogP contribution in [0.2, 0.25) is 0 Å². The lowest BCUT2D eigenvalue weighted by Gasteiger charge is -2.51. The fourth-order valence-corrected chi connectivity index (χ4v) is 2.47. The number of hydrogen-bond acceptors (Lipinski definition) is 3. The second kappa shape index (κ2) is 6.43. The average molecular weight is 286 g/mol. The number of amides is 2. The molecule has 0 saturated heterocycles. The molecule has 1 saturated carbocycles. The van der Waals surface area contributed by atoms with E-state index in [0.717, 1.165) is 6.42 Å². The predicted molar refractivity (Wildman–Crippen MR) is 75.5 cm³/mol. The van der Waals surface area contributed by atoms with E-state index in [4.69, 9.17) is 9.84 Å². The van der Waals surface area contributed by atoms with Crippen LogP contribution in [0.4, 0.5) is 4.79 Å². The first-order valence-electron chi connectivity index (χ1n) is 7.11. The van der Waals surface area contributed by atoms with Crippen molar-refractivity contribution < 1.29 is 19.4 Å². The Bertz CT molecular complexity index is 368. The van der Waals surface area contributed by atoms with E-state index >= 15 is 0 Å². The summed E-state index contributed by atoms with van der Waals surface area (Å²) in [6, 6.07) is -1.30. The van der Waals surface area contributed by atoms with Crippen LogP contribution in [-0.2, 0) is 9.53 Å². The van der Waals surface area contributed by atoms with Gasteiger partial charge in [0.25, 0.3) is 0 Å². The summed E-state index contributed by atoms with van der Waals surface area (Å²) in [5.74, 6) is -1.18. The van der Waals surface area contributed by atoms with E-state index in [9.17, 15) is 9.59 Å². The monoisotopic (exact) mass is 286 g/mol. The number of carbonyl (C=O) groups is 2. The minimum atomic E-state index is -1.02. The first kappa shape index (κ1) is 16.8. The van der Waals surface area contributed by atoms with Crippen LogP contribution < -0.4 is 10.6 Å². The van der Waals surface area contributed by atoms with Gasteiger partial charge in [-0.15, -0.1) is 0 Å². The van der Waals surface area contributed by atoms with Crippen molar-refractivity contribution in [1.82, 2.24) is 10.6 Å². The smallest absolute Gasteiger partial charge is 0.326 e. The summed E-state index contributed by atoms with van der Waals surface area (Å²) in [4.78, 5) is 22.9. The Kier molecular flexibility index (Phi) is 5.39. The van der Waals surface area contributed by atoms with Gasteiger partial charge in [-0.2, -0.15) is 0 Å². The van der Waals surface area contributed by atoms with Crippen LogP contribution in [0.15, 0.2) is 0 Å². The van der Waals surface area contributed by atoms with Gasteiger partial charge >= 0.3 is 12.0 Å². The third-order valence-corrected chi connectivity index (χ3v) is 4.07. The number of carboxylic acid groups (broad SMARTS) is 1. The first-order valence-corrected chi connectivity index (χ1v) is 7.11. The molecule has 2 amide bonds. The minimum Gasteiger partial charge on any atom is -0.480 e. The number of nitrogens with one attached hydrogen (secondary N) is 2. The Morgan fingerprint density at radius 1 is 1.40 bits per heavy atom. The third-order valence-electron chi connectivity index (χ3n) is 4.07. The molecule has 0 aromatic carbocycles. The van der Waals surface area contributed by atoms with E-state index in [1.807, 2.05) is 20.8 Å². The Morgan fingerprint density at radius 3 is 2.40 bits per heavy atom. The van der Waals surface area contributed by atoms with E-state index in [1.165, 1.54) is 0 Å². The van der Waals surface area contributed by atoms with Gasteiger partial charge in [-0.1, -0.05) is 27.7 Å². The van der Waals surface area contributed by atoms with Crippen molar-refractivity contribution in [3.63, 3.8) is 0 Å². The van der Waals surface area contributed by atoms with Gasteiger partial charge in [0.05, 0.1) is 6.10 Å². The fraction of sp³-hybridized carbons (Fsp3) is 0.857. The summed E-state index contributed by atoms with van der Waals surface area (Å²) in [5, 5.41) is 14.4. The predicted octanol–water partition coefficient (Wildman–Crippen LogP) is 1.60. The lowest BCUT2D eigenvalue weighted by molar-refractivity contribution is -0.140. The van der Waals surface area contributed by atoms with Gasteiger partial charge in [0, 0.05) is 18.1 Å². The summed E-state index contributed by atoms with van der Waals surface area (Å²) in [6.07, 6.45) is 0.895. The summed E-state index contributed by atoms with van der Waals surface area (Å²) < 4.78 is 5.60. The maximum atomic E-state index is 11.9. The van der Waals surface area contributed by atoms with Crippen LogP contribution >= 0.6 is 0 Å². The maximum Gasteiger partial charge on any atom is 0.326 e. The molecule has 3 N–H and O–H groups in total. The third kappa shape index (κ3) is 3.62. The molecule has 20 heavy (non-hydrogen) atoms. The molecule has 0 spiro atoms. The van der Waals surface area contributed by atoms with Crippen LogP contribution in [0.3, 0.4) is 0 Å². The van der Waals surface area contributed by atoms with Crippen LogP contribution in [-0.4, -0.2) is 41.9 Å². The van der Waals surface area contributed by atoms with E-state index in [2.05, 4.69) is 10.6 Å². The lowest BCUT2D eigenvalue weighted by atomic mass is 9.64. The zero-order valence-corrected chi connectivity index (χ0v) is 12.9. The first-order chi connectivity index (χ1) is 9.20. The van der Waals surface area contributed by atoms with Gasteiger partial charge in [-0.05, 0) is 19.3 Å². The molecule has 0 radical (unpaired) electrons. The van der Waals surface area contributed by atoms with E-state index in [0.29, 0.717) is 6.61 Å². The number of rotatable bonds is 6. The molecule has 0 aromatic rings. The van der Waals surface area contributed by atoms with Gasteiger partial charge in [0.15, 0.2) is 0 Å². The number of ether oxygens (including phenoxy) is 1. The summed E-state index contributed by atoms with van der Waals surface area (Å²) in [7, 11) is 0. The Balaban J connectivity index is 2.50. The number of hydrogen-bond donors (Lipinski definition) is 3. The zero-order valence-electron chi connectivity index (χ0n) is 12.9. The van der Waals surface area contributed by atoms with Gasteiger partial charge in [-0.25, -0.2) is 9.59 Å². The highest BCUT2D eigenvalue weighted by Gasteiger charge is 2.49. The maximum absolute atomic E-state index is 11.9. The molecule has 1 aliphatic carbocycles. The number of carbonyl (C=O) groups excluding carboxylic acids is 1. The quantitative estimate of drug-likeness (QED) is 0.692. The van der Waals surface area contributed by atoms with E-state index < -0.39 is 18.0 Å². The van der Waals surface area contributed by atoms with Crippen molar-refractivity contribution in [3.8, 4) is 0 Å². The van der Waals surface area contributed by atoms with Gasteiger partial charge in [-0.3, -0.25) is 0 Å². The highest BCUT2D eigenvalue weighted by Crippen LogP contribution is 2.42. The highest BCUT2D eigenvalue weighted by atomic mass is 16.5. The van der Waals surface area contributed by atoms with E-state index in [-0.39, 0.29) is 23.5 Å². The van der Waals surface area contributed by atoms with Gasteiger partial charge < -0.3 is 20.5 Å². The van der Waals surface area contributed by atoms with Crippen LogP contribution in [0.1, 0.15) is 41.0 Å². The Morgan fingerprint density at radius 2 is 2.00 bits per heavy atom. The van der Waals surface area contributed by atoms with Gasteiger partial charge in [0.1, 0.15) is 6.04 Å². The van der Waals surface area contributed by atoms with Crippen molar-refractivity contribution in [2.75, 3.05) is 6.61 Å². The van der Waals surface area contributed by atoms with Crippen LogP contribution in [0.25, 0.3) is 0 Å². The molecule has 3 atom stereocenters. The minimum absolute atomic E-state index is 0.000608. The second-order valence-electron chi connectivity index (χ2n) is 6.23. The van der Waals surface area contributed by atoms with Crippen molar-refractivity contribution in [1.29, 1.82) is 0 Å². The number of aliphatic carboxylic acids is 1. The molecule has 0 aromatic heterocycles. The Hall–Kier alpha value is -1.30. The number of carboxylic acids is 1. The topological polar surface area (TPSA) is 87.7 Å². The van der Waals surface area contributed by atoms with Crippen molar-refractivity contribution >= 4 is 12.0 Å². The zero-order chi connectivity index (χ0) is 15.5. The van der Waals surface area contributed by atoms with Crippen molar-refractivity contribution in [3.05, 3.63) is 0 Å².